The fraction of sp³-hybridized carbons (Fsp3) is 0.412. The van der Waals surface area contributed by atoms with Gasteiger partial charge in [0, 0.05) is 22.6 Å². The molecule has 0 heterocycles. The Hall–Kier alpha value is -1.81. The molecule has 114 valence electrons. The summed E-state index contributed by atoms with van der Waals surface area (Å²) in [5.41, 5.74) is 0.590. The van der Waals surface area contributed by atoms with Crippen LogP contribution in [-0.2, 0) is 9.59 Å². The molecule has 1 aromatic carbocycles. The molecule has 1 amide bonds. The highest BCUT2D eigenvalue weighted by Gasteiger charge is 2.68. The van der Waals surface area contributed by atoms with Gasteiger partial charge in [0.15, 0.2) is 0 Å². The molecule has 0 radical (unpaired) electrons. The van der Waals surface area contributed by atoms with Crippen molar-refractivity contribution >= 4 is 29.2 Å². The molecule has 2 fully saturated rings. The molecule has 3 aliphatic carbocycles. The maximum Gasteiger partial charge on any atom is 0.228 e. The van der Waals surface area contributed by atoms with Crippen LogP contribution in [0.25, 0.3) is 0 Å². The van der Waals surface area contributed by atoms with Crippen molar-refractivity contribution in [2.24, 2.45) is 29.1 Å². The number of allylic oxidation sites excluding steroid dienone is 2. The number of carbonyl (C=O) groups is 2. The zero-order valence-corrected chi connectivity index (χ0v) is 12.5. The number of carbonyl (C=O) groups excluding carboxylic acids is 2. The van der Waals surface area contributed by atoms with E-state index in [1.165, 1.54) is 0 Å². The van der Waals surface area contributed by atoms with Crippen LogP contribution in [0.5, 0.6) is 0 Å². The first-order chi connectivity index (χ1) is 10.5. The van der Waals surface area contributed by atoms with Gasteiger partial charge in [-0.1, -0.05) is 29.8 Å². The van der Waals surface area contributed by atoms with Crippen LogP contribution in [0.4, 0.5) is 5.69 Å². The highest BCUT2D eigenvalue weighted by atomic mass is 35.5. The Kier molecular flexibility index (Phi) is 2.89. The third-order valence-electron chi connectivity index (χ3n) is 5.51. The van der Waals surface area contributed by atoms with Crippen LogP contribution < -0.4 is 10.4 Å². The number of carboxylic acids is 1. The number of amides is 1. The zero-order valence-electron chi connectivity index (χ0n) is 11.8. The third kappa shape index (κ3) is 1.83. The quantitative estimate of drug-likeness (QED) is 0.865. The van der Waals surface area contributed by atoms with Gasteiger partial charge in [-0.25, -0.2) is 0 Å². The smallest absolute Gasteiger partial charge is 0.228 e. The summed E-state index contributed by atoms with van der Waals surface area (Å²) in [5.74, 6) is -2.69. The predicted octanol–water partition coefficient (Wildman–Crippen LogP) is 1.86. The third-order valence-corrected chi connectivity index (χ3v) is 5.74. The minimum atomic E-state index is -1.12. The summed E-state index contributed by atoms with van der Waals surface area (Å²) in [5, 5.41) is 14.9. The van der Waals surface area contributed by atoms with Crippen LogP contribution in [0.15, 0.2) is 36.4 Å². The van der Waals surface area contributed by atoms with E-state index in [1.54, 1.807) is 24.3 Å². The SMILES string of the molecule is O=C(Nc1cccc(Cl)c1)[C@@H]1[C@@H](C(=O)[O-])[C@@H]2C=C[C@H]1C21CC1. The van der Waals surface area contributed by atoms with Crippen LogP contribution >= 0.6 is 11.6 Å². The summed E-state index contributed by atoms with van der Waals surface area (Å²) in [6.45, 7) is 0. The van der Waals surface area contributed by atoms with Crippen molar-refractivity contribution in [3.05, 3.63) is 41.4 Å². The summed E-state index contributed by atoms with van der Waals surface area (Å²) in [4.78, 5) is 24.2. The molecular weight excluding hydrogens is 302 g/mol. The molecule has 22 heavy (non-hydrogen) atoms. The summed E-state index contributed by atoms with van der Waals surface area (Å²) < 4.78 is 0. The molecule has 1 N–H and O–H groups in total. The summed E-state index contributed by atoms with van der Waals surface area (Å²) in [6.07, 6.45) is 6.00. The Morgan fingerprint density at radius 2 is 1.86 bits per heavy atom. The molecule has 0 unspecified atom stereocenters. The Morgan fingerprint density at radius 3 is 2.45 bits per heavy atom. The minimum Gasteiger partial charge on any atom is -0.550 e. The number of aliphatic carboxylic acids is 1. The van der Waals surface area contributed by atoms with Crippen molar-refractivity contribution in [1.82, 2.24) is 0 Å². The second-order valence-electron chi connectivity index (χ2n) is 6.54. The van der Waals surface area contributed by atoms with E-state index >= 15 is 0 Å². The van der Waals surface area contributed by atoms with Gasteiger partial charge in [-0.15, -0.1) is 0 Å². The van der Waals surface area contributed by atoms with E-state index in [2.05, 4.69) is 5.32 Å². The molecule has 0 saturated heterocycles. The molecule has 4 nitrogen and oxygen atoms in total. The number of hydrogen-bond acceptors (Lipinski definition) is 3. The second kappa shape index (κ2) is 4.59. The summed E-state index contributed by atoms with van der Waals surface area (Å²) in [6, 6.07) is 6.87. The number of benzene rings is 1. The van der Waals surface area contributed by atoms with Crippen molar-refractivity contribution < 1.29 is 14.7 Å². The van der Waals surface area contributed by atoms with Crippen molar-refractivity contribution in [3.63, 3.8) is 0 Å². The van der Waals surface area contributed by atoms with Crippen LogP contribution in [0.1, 0.15) is 12.8 Å². The molecule has 4 rings (SSSR count). The van der Waals surface area contributed by atoms with Crippen molar-refractivity contribution in [2.75, 3.05) is 5.32 Å². The molecular formula is C17H15ClNO3-. The highest BCUT2D eigenvalue weighted by Crippen LogP contribution is 2.71. The Balaban J connectivity index is 1.62. The first-order valence-corrected chi connectivity index (χ1v) is 7.86. The van der Waals surface area contributed by atoms with Crippen LogP contribution in [0.2, 0.25) is 5.02 Å². The molecule has 5 heteroatoms. The van der Waals surface area contributed by atoms with Gasteiger partial charge >= 0.3 is 0 Å². The lowest BCUT2D eigenvalue weighted by Crippen LogP contribution is -2.42. The lowest BCUT2D eigenvalue weighted by molar-refractivity contribution is -0.313. The van der Waals surface area contributed by atoms with E-state index in [0.29, 0.717) is 10.7 Å². The fourth-order valence-corrected chi connectivity index (χ4v) is 4.66. The first-order valence-electron chi connectivity index (χ1n) is 7.48. The van der Waals surface area contributed by atoms with Gasteiger partial charge in [0.25, 0.3) is 0 Å². The van der Waals surface area contributed by atoms with Crippen LogP contribution in [0, 0.1) is 29.1 Å². The summed E-state index contributed by atoms with van der Waals surface area (Å²) >= 11 is 5.92. The van der Waals surface area contributed by atoms with Gasteiger partial charge in [0.1, 0.15) is 0 Å². The standard InChI is InChI=1S/C17H16ClNO3/c18-9-2-1-3-10(8-9)19-15(20)13-11-4-5-12(14(13)16(21)22)17(11)6-7-17/h1-5,8,11-14H,6-7H2,(H,19,20)(H,21,22)/p-1/t11-,12+,13+,14+/m1/s1. The van der Waals surface area contributed by atoms with Gasteiger partial charge < -0.3 is 15.2 Å². The van der Waals surface area contributed by atoms with Gasteiger partial charge in [0.05, 0.1) is 5.92 Å². The Morgan fingerprint density at radius 1 is 1.18 bits per heavy atom. The normalized spacial score (nSPS) is 33.1. The minimum absolute atomic E-state index is 0.00107. The molecule has 2 bridgehead atoms. The maximum absolute atomic E-state index is 12.7. The van der Waals surface area contributed by atoms with Gasteiger partial charge in [-0.05, 0) is 48.3 Å². The van der Waals surface area contributed by atoms with E-state index in [0.717, 1.165) is 12.8 Å². The molecule has 3 aliphatic rings. The molecule has 1 spiro atoms. The fourth-order valence-electron chi connectivity index (χ4n) is 4.47. The number of nitrogens with one attached hydrogen (secondary N) is 1. The average molecular weight is 317 g/mol. The van der Waals surface area contributed by atoms with Crippen molar-refractivity contribution in [1.29, 1.82) is 0 Å². The number of anilines is 1. The number of rotatable bonds is 3. The monoisotopic (exact) mass is 316 g/mol. The van der Waals surface area contributed by atoms with Gasteiger partial charge in [-0.2, -0.15) is 0 Å². The number of halogens is 1. The van der Waals surface area contributed by atoms with E-state index in [4.69, 9.17) is 11.6 Å². The second-order valence-corrected chi connectivity index (χ2v) is 6.98. The van der Waals surface area contributed by atoms with Gasteiger partial charge in [-0.3, -0.25) is 4.79 Å². The Labute approximate surface area is 133 Å². The van der Waals surface area contributed by atoms with Gasteiger partial charge in [0.2, 0.25) is 5.91 Å². The molecule has 1 aromatic rings. The maximum atomic E-state index is 12.7. The van der Waals surface area contributed by atoms with E-state index in [9.17, 15) is 14.7 Å². The molecule has 2 saturated carbocycles. The Bertz CT molecular complexity index is 695. The first kappa shape index (κ1) is 13.8. The highest BCUT2D eigenvalue weighted by molar-refractivity contribution is 6.30. The summed E-state index contributed by atoms with van der Waals surface area (Å²) in [7, 11) is 0. The average Bonchev–Trinajstić information content (AvgIpc) is 3.12. The van der Waals surface area contributed by atoms with Crippen LogP contribution in [0.3, 0.4) is 0 Å². The predicted molar refractivity (Wildman–Crippen MR) is 79.9 cm³/mol. The molecule has 4 atom stereocenters. The van der Waals surface area contributed by atoms with Crippen molar-refractivity contribution in [2.45, 2.75) is 12.8 Å². The van der Waals surface area contributed by atoms with E-state index in [1.807, 2.05) is 12.2 Å². The van der Waals surface area contributed by atoms with Crippen molar-refractivity contribution in [3.8, 4) is 0 Å². The topological polar surface area (TPSA) is 69.2 Å². The van der Waals surface area contributed by atoms with E-state index in [-0.39, 0.29) is 23.2 Å². The number of carboxylic acid groups (broad SMARTS) is 1. The molecule has 0 aromatic heterocycles. The lowest BCUT2D eigenvalue weighted by Gasteiger charge is -2.27. The zero-order chi connectivity index (χ0) is 15.5. The van der Waals surface area contributed by atoms with E-state index < -0.39 is 17.8 Å². The molecule has 0 aliphatic heterocycles. The number of hydrogen-bond donors (Lipinski definition) is 1. The largest absolute Gasteiger partial charge is 0.550 e. The van der Waals surface area contributed by atoms with Crippen LogP contribution in [-0.4, -0.2) is 11.9 Å². The lowest BCUT2D eigenvalue weighted by atomic mass is 9.82.